The molecule has 1 amide bonds. The molecule has 5 heteroatoms. The number of hydrogen-bond acceptors (Lipinski definition) is 3. The van der Waals surface area contributed by atoms with E-state index in [4.69, 9.17) is 5.73 Å². The number of carbonyl (C=O) groups excluding carboxylic acids is 1. The van der Waals surface area contributed by atoms with E-state index in [1.807, 2.05) is 0 Å². The van der Waals surface area contributed by atoms with Crippen molar-refractivity contribution in [3.63, 3.8) is 0 Å². The molecule has 0 bridgehead atoms. The number of benzene rings is 2. The summed E-state index contributed by atoms with van der Waals surface area (Å²) in [6, 6.07) is 11.4. The highest BCUT2D eigenvalue weighted by Gasteiger charge is 2.09. The van der Waals surface area contributed by atoms with Gasteiger partial charge in [-0.05, 0) is 46.3 Å². The van der Waals surface area contributed by atoms with Gasteiger partial charge in [-0.1, -0.05) is 12.1 Å². The molecule has 4 nitrogen and oxygen atoms in total. The molecule has 0 aliphatic rings. The summed E-state index contributed by atoms with van der Waals surface area (Å²) < 4.78 is 0.660. The Morgan fingerprint density at radius 2 is 1.94 bits per heavy atom. The molecule has 2 aromatic rings. The molecule has 4 N–H and O–H groups in total. The summed E-state index contributed by atoms with van der Waals surface area (Å²) in [7, 11) is 0. The zero-order valence-corrected chi connectivity index (χ0v) is 10.9. The lowest BCUT2D eigenvalue weighted by atomic mass is 10.2. The number of aromatic hydroxyl groups is 1. The van der Waals surface area contributed by atoms with E-state index in [0.717, 1.165) is 0 Å². The van der Waals surface area contributed by atoms with Crippen LogP contribution in [0.25, 0.3) is 0 Å². The van der Waals surface area contributed by atoms with Crippen molar-refractivity contribution in [1.29, 1.82) is 0 Å². The number of carbonyl (C=O) groups is 1. The number of phenols is 1. The fraction of sp³-hybridized carbons (Fsp3) is 0. The molecule has 0 aliphatic carbocycles. The summed E-state index contributed by atoms with van der Waals surface area (Å²) >= 11 is 3.26. The Labute approximate surface area is 113 Å². The Kier molecular flexibility index (Phi) is 3.53. The van der Waals surface area contributed by atoms with Crippen molar-refractivity contribution in [1.82, 2.24) is 0 Å². The largest absolute Gasteiger partial charge is 0.506 e. The highest BCUT2D eigenvalue weighted by molar-refractivity contribution is 9.10. The first-order valence-corrected chi connectivity index (χ1v) is 6.01. The van der Waals surface area contributed by atoms with Crippen molar-refractivity contribution in [2.75, 3.05) is 11.1 Å². The Morgan fingerprint density at radius 3 is 2.61 bits per heavy atom. The first-order chi connectivity index (χ1) is 8.58. The van der Waals surface area contributed by atoms with Gasteiger partial charge in [0, 0.05) is 15.7 Å². The molecule has 0 spiro atoms. The standard InChI is InChI=1S/C13H11BrN2O2/c14-9-7-8(5-6-10(9)15)13(18)16-11-3-1-2-4-12(11)17/h1-7,17H,15H2,(H,16,18). The average Bonchev–Trinajstić information content (AvgIpc) is 2.35. The number of rotatable bonds is 2. The molecule has 0 aliphatic heterocycles. The van der Waals surface area contributed by atoms with Gasteiger partial charge in [-0.15, -0.1) is 0 Å². The quantitative estimate of drug-likeness (QED) is 0.590. The van der Waals surface area contributed by atoms with E-state index < -0.39 is 0 Å². The van der Waals surface area contributed by atoms with E-state index >= 15 is 0 Å². The van der Waals surface area contributed by atoms with Gasteiger partial charge >= 0.3 is 0 Å². The molecule has 0 fully saturated rings. The number of nitrogens with two attached hydrogens (primary N) is 1. The lowest BCUT2D eigenvalue weighted by Crippen LogP contribution is -2.12. The van der Waals surface area contributed by atoms with Crippen LogP contribution in [0.3, 0.4) is 0 Å². The van der Waals surface area contributed by atoms with E-state index in [2.05, 4.69) is 21.2 Å². The van der Waals surface area contributed by atoms with E-state index in [0.29, 0.717) is 21.4 Å². The Hall–Kier alpha value is -2.01. The van der Waals surface area contributed by atoms with Crippen LogP contribution in [-0.4, -0.2) is 11.0 Å². The van der Waals surface area contributed by atoms with Gasteiger partial charge < -0.3 is 16.2 Å². The summed E-state index contributed by atoms with van der Waals surface area (Å²) in [6.07, 6.45) is 0. The third-order valence-electron chi connectivity index (χ3n) is 2.41. The second-order valence-corrected chi connectivity index (χ2v) is 4.56. The number of phenolic OH excluding ortho intramolecular Hbond substituents is 1. The monoisotopic (exact) mass is 306 g/mol. The van der Waals surface area contributed by atoms with Gasteiger partial charge in [0.2, 0.25) is 0 Å². The molecule has 0 unspecified atom stereocenters. The Morgan fingerprint density at radius 1 is 1.22 bits per heavy atom. The van der Waals surface area contributed by atoms with Gasteiger partial charge in [-0.2, -0.15) is 0 Å². The van der Waals surface area contributed by atoms with Gasteiger partial charge in [0.15, 0.2) is 0 Å². The van der Waals surface area contributed by atoms with Crippen molar-refractivity contribution in [2.24, 2.45) is 0 Å². The molecule has 2 rings (SSSR count). The minimum Gasteiger partial charge on any atom is -0.506 e. The van der Waals surface area contributed by atoms with Gasteiger partial charge in [-0.3, -0.25) is 4.79 Å². The molecule has 0 aromatic heterocycles. The summed E-state index contributed by atoms with van der Waals surface area (Å²) in [5.41, 5.74) is 7.04. The second-order valence-electron chi connectivity index (χ2n) is 3.71. The first kappa shape index (κ1) is 12.4. The van der Waals surface area contributed by atoms with Crippen LogP contribution >= 0.6 is 15.9 Å². The Bertz CT molecular complexity index is 599. The van der Waals surface area contributed by atoms with Crippen molar-refractivity contribution in [2.45, 2.75) is 0 Å². The van der Waals surface area contributed by atoms with Crippen LogP contribution in [0.15, 0.2) is 46.9 Å². The maximum atomic E-state index is 11.9. The lowest BCUT2D eigenvalue weighted by molar-refractivity contribution is 0.102. The number of hydrogen-bond donors (Lipinski definition) is 3. The molecule has 2 aromatic carbocycles. The lowest BCUT2D eigenvalue weighted by Gasteiger charge is -2.07. The van der Waals surface area contributed by atoms with E-state index in [9.17, 15) is 9.90 Å². The number of nitrogens with one attached hydrogen (secondary N) is 1. The van der Waals surface area contributed by atoms with Crippen molar-refractivity contribution in [3.05, 3.63) is 52.5 Å². The van der Waals surface area contributed by atoms with Gasteiger partial charge in [0.25, 0.3) is 5.91 Å². The van der Waals surface area contributed by atoms with Crippen LogP contribution < -0.4 is 11.1 Å². The number of para-hydroxylation sites is 2. The third kappa shape index (κ3) is 2.62. The zero-order valence-electron chi connectivity index (χ0n) is 9.35. The van der Waals surface area contributed by atoms with Crippen LogP contribution in [0.5, 0.6) is 5.75 Å². The van der Waals surface area contributed by atoms with Crippen LogP contribution in [-0.2, 0) is 0 Å². The summed E-state index contributed by atoms with van der Waals surface area (Å²) in [5.74, 6) is -0.280. The zero-order chi connectivity index (χ0) is 13.1. The summed E-state index contributed by atoms with van der Waals surface area (Å²) in [5, 5.41) is 12.2. The highest BCUT2D eigenvalue weighted by atomic mass is 79.9. The van der Waals surface area contributed by atoms with Gasteiger partial charge in [-0.25, -0.2) is 0 Å². The highest BCUT2D eigenvalue weighted by Crippen LogP contribution is 2.24. The van der Waals surface area contributed by atoms with Crippen LogP contribution in [0.1, 0.15) is 10.4 Å². The average molecular weight is 307 g/mol. The third-order valence-corrected chi connectivity index (χ3v) is 3.10. The first-order valence-electron chi connectivity index (χ1n) is 5.22. The van der Waals surface area contributed by atoms with Crippen molar-refractivity contribution < 1.29 is 9.90 Å². The molecule has 0 radical (unpaired) electrons. The van der Waals surface area contributed by atoms with E-state index in [-0.39, 0.29) is 11.7 Å². The van der Waals surface area contributed by atoms with Crippen LogP contribution in [0.2, 0.25) is 0 Å². The SMILES string of the molecule is Nc1ccc(C(=O)Nc2ccccc2O)cc1Br. The molecule has 0 atom stereocenters. The smallest absolute Gasteiger partial charge is 0.255 e. The molecule has 0 saturated carbocycles. The van der Waals surface area contributed by atoms with Crippen molar-refractivity contribution in [3.8, 4) is 5.75 Å². The molecular formula is C13H11BrN2O2. The maximum Gasteiger partial charge on any atom is 0.255 e. The fourth-order valence-corrected chi connectivity index (χ4v) is 1.82. The van der Waals surface area contributed by atoms with Crippen LogP contribution in [0, 0.1) is 0 Å². The number of anilines is 2. The molecule has 0 saturated heterocycles. The van der Waals surface area contributed by atoms with E-state index in [1.165, 1.54) is 6.07 Å². The summed E-state index contributed by atoms with van der Waals surface area (Å²) in [6.45, 7) is 0. The topological polar surface area (TPSA) is 75.4 Å². The maximum absolute atomic E-state index is 11.9. The molecular weight excluding hydrogens is 296 g/mol. The second kappa shape index (κ2) is 5.10. The predicted molar refractivity (Wildman–Crippen MR) is 74.6 cm³/mol. The van der Waals surface area contributed by atoms with Crippen molar-refractivity contribution >= 4 is 33.2 Å². The number of amides is 1. The van der Waals surface area contributed by atoms with Gasteiger partial charge in [0.05, 0.1) is 5.69 Å². The molecule has 18 heavy (non-hydrogen) atoms. The minimum atomic E-state index is -0.308. The molecule has 0 heterocycles. The predicted octanol–water partition coefficient (Wildman–Crippen LogP) is 2.99. The van der Waals surface area contributed by atoms with Gasteiger partial charge in [0.1, 0.15) is 5.75 Å². The minimum absolute atomic E-state index is 0.0281. The van der Waals surface area contributed by atoms with Crippen LogP contribution in [0.4, 0.5) is 11.4 Å². The molecule has 92 valence electrons. The normalized spacial score (nSPS) is 10.1. The van der Waals surface area contributed by atoms with E-state index in [1.54, 1.807) is 36.4 Å². The number of nitrogen functional groups attached to an aromatic ring is 1. The summed E-state index contributed by atoms with van der Waals surface area (Å²) in [4.78, 5) is 11.9. The Balaban J connectivity index is 2.22. The number of halogens is 1. The fourth-order valence-electron chi connectivity index (χ4n) is 1.44.